The summed E-state index contributed by atoms with van der Waals surface area (Å²) in [7, 11) is 0. The van der Waals surface area contributed by atoms with E-state index in [1.807, 2.05) is 26.0 Å². The van der Waals surface area contributed by atoms with Gasteiger partial charge in [0.05, 0.1) is 5.60 Å². The Hall–Kier alpha value is -1.06. The lowest BCUT2D eigenvalue weighted by atomic mass is 9.88. The highest BCUT2D eigenvalue weighted by Gasteiger charge is 2.34. The molecule has 0 amide bonds. The summed E-state index contributed by atoms with van der Waals surface area (Å²) in [4.78, 5) is 0. The lowest BCUT2D eigenvalue weighted by molar-refractivity contribution is -0.00904. The lowest BCUT2D eigenvalue weighted by Gasteiger charge is -2.37. The average molecular weight is 207 g/mol. The molecule has 1 aliphatic rings. The Balaban J connectivity index is 2.22. The van der Waals surface area contributed by atoms with Gasteiger partial charge in [0, 0.05) is 19.5 Å². The van der Waals surface area contributed by atoms with E-state index in [1.165, 1.54) is 0 Å². The molecule has 0 saturated carbocycles. The zero-order valence-corrected chi connectivity index (χ0v) is 9.17. The minimum atomic E-state index is -0.587. The van der Waals surface area contributed by atoms with E-state index >= 15 is 0 Å². The van der Waals surface area contributed by atoms with E-state index in [9.17, 15) is 10.2 Å². The summed E-state index contributed by atoms with van der Waals surface area (Å²) in [6.07, 6.45) is 0.655. The van der Waals surface area contributed by atoms with Crippen LogP contribution in [0.3, 0.4) is 0 Å². The number of aliphatic hydroxyl groups is 1. The summed E-state index contributed by atoms with van der Waals surface area (Å²) in [6, 6.07) is 3.89. The fraction of sp³-hybridized carbons (Fsp3) is 0.500. The Morgan fingerprint density at radius 2 is 1.80 bits per heavy atom. The van der Waals surface area contributed by atoms with Gasteiger partial charge in [0.25, 0.3) is 0 Å². The topological polar surface area (TPSA) is 52.5 Å². The molecular formula is C12H17NO2. The van der Waals surface area contributed by atoms with E-state index in [1.54, 1.807) is 0 Å². The molecule has 0 radical (unpaired) electrons. The maximum absolute atomic E-state index is 9.99. The standard InChI is InChI=1S/C12H17NO2/c1-8-3-10(4-9(2)11(8)14)5-12(15)6-13-7-12/h3-4,13-15H,5-7H2,1-2H3. The minimum absolute atomic E-state index is 0.359. The minimum Gasteiger partial charge on any atom is -0.507 e. The van der Waals surface area contributed by atoms with Crippen LogP contribution in [-0.2, 0) is 6.42 Å². The average Bonchev–Trinajstić information content (AvgIpc) is 2.11. The van der Waals surface area contributed by atoms with Crippen LogP contribution in [0.15, 0.2) is 12.1 Å². The van der Waals surface area contributed by atoms with Gasteiger partial charge in [0.15, 0.2) is 0 Å². The molecule has 15 heavy (non-hydrogen) atoms. The van der Waals surface area contributed by atoms with Crippen molar-refractivity contribution in [1.29, 1.82) is 0 Å². The summed E-state index contributed by atoms with van der Waals surface area (Å²) in [5.74, 6) is 0.359. The molecule has 3 N–H and O–H groups in total. The van der Waals surface area contributed by atoms with Crippen molar-refractivity contribution in [2.24, 2.45) is 0 Å². The van der Waals surface area contributed by atoms with Gasteiger partial charge in [-0.25, -0.2) is 0 Å². The molecule has 0 unspecified atom stereocenters. The van der Waals surface area contributed by atoms with Crippen molar-refractivity contribution in [3.63, 3.8) is 0 Å². The maximum atomic E-state index is 9.99. The van der Waals surface area contributed by atoms with Crippen LogP contribution in [0.25, 0.3) is 0 Å². The van der Waals surface area contributed by atoms with Gasteiger partial charge in [-0.05, 0) is 30.5 Å². The van der Waals surface area contributed by atoms with Gasteiger partial charge in [-0.15, -0.1) is 0 Å². The van der Waals surface area contributed by atoms with E-state index in [2.05, 4.69) is 5.32 Å². The zero-order valence-electron chi connectivity index (χ0n) is 9.17. The molecule has 1 fully saturated rings. The van der Waals surface area contributed by atoms with Crippen molar-refractivity contribution >= 4 is 0 Å². The zero-order chi connectivity index (χ0) is 11.1. The number of rotatable bonds is 2. The van der Waals surface area contributed by atoms with E-state index < -0.39 is 5.60 Å². The van der Waals surface area contributed by atoms with Crippen LogP contribution in [0, 0.1) is 13.8 Å². The van der Waals surface area contributed by atoms with E-state index in [-0.39, 0.29) is 0 Å². The first-order chi connectivity index (χ1) is 7.00. The Morgan fingerprint density at radius 3 is 2.20 bits per heavy atom. The van der Waals surface area contributed by atoms with Crippen LogP contribution in [0.2, 0.25) is 0 Å². The molecule has 82 valence electrons. The highest BCUT2D eigenvalue weighted by atomic mass is 16.3. The van der Waals surface area contributed by atoms with Crippen molar-refractivity contribution in [3.8, 4) is 5.75 Å². The van der Waals surface area contributed by atoms with Crippen molar-refractivity contribution < 1.29 is 10.2 Å². The predicted octanol–water partition coefficient (Wildman–Crippen LogP) is 0.886. The molecule has 0 aromatic heterocycles. The van der Waals surface area contributed by atoms with Crippen LogP contribution in [0.1, 0.15) is 16.7 Å². The second-order valence-corrected chi connectivity index (χ2v) is 4.58. The molecule has 1 aliphatic heterocycles. The summed E-state index contributed by atoms with van der Waals surface area (Å²) < 4.78 is 0. The first-order valence-corrected chi connectivity index (χ1v) is 5.22. The number of hydrogen-bond donors (Lipinski definition) is 3. The molecule has 1 saturated heterocycles. The number of hydrogen-bond acceptors (Lipinski definition) is 3. The normalized spacial score (nSPS) is 18.6. The second kappa shape index (κ2) is 3.51. The quantitative estimate of drug-likeness (QED) is 0.675. The van der Waals surface area contributed by atoms with Crippen molar-refractivity contribution in [2.75, 3.05) is 13.1 Å². The highest BCUT2D eigenvalue weighted by Crippen LogP contribution is 2.26. The first kappa shape index (κ1) is 10.5. The number of β-amino-alcohol motifs (C(OH)–C–C–N with tert-alkyl or cyclic N) is 1. The van der Waals surface area contributed by atoms with E-state index in [0.717, 1.165) is 16.7 Å². The smallest absolute Gasteiger partial charge is 0.121 e. The van der Waals surface area contributed by atoms with Crippen LogP contribution in [0.5, 0.6) is 5.75 Å². The predicted molar refractivity (Wildman–Crippen MR) is 59.1 cm³/mol. The van der Waals surface area contributed by atoms with Crippen molar-refractivity contribution in [3.05, 3.63) is 28.8 Å². The molecule has 2 rings (SSSR count). The van der Waals surface area contributed by atoms with Gasteiger partial charge >= 0.3 is 0 Å². The molecule has 3 nitrogen and oxygen atoms in total. The molecule has 1 aromatic carbocycles. The van der Waals surface area contributed by atoms with Gasteiger partial charge in [0.1, 0.15) is 5.75 Å². The summed E-state index contributed by atoms with van der Waals surface area (Å²) in [5.41, 5.74) is 2.25. The number of aryl methyl sites for hydroxylation is 2. The summed E-state index contributed by atoms with van der Waals surface area (Å²) in [6.45, 7) is 5.09. The molecule has 0 aliphatic carbocycles. The monoisotopic (exact) mass is 207 g/mol. The fourth-order valence-corrected chi connectivity index (χ4v) is 2.07. The van der Waals surface area contributed by atoms with Crippen LogP contribution >= 0.6 is 0 Å². The number of nitrogens with one attached hydrogen (secondary N) is 1. The van der Waals surface area contributed by atoms with Crippen LogP contribution in [0.4, 0.5) is 0 Å². The van der Waals surface area contributed by atoms with Crippen molar-refractivity contribution in [1.82, 2.24) is 5.32 Å². The van der Waals surface area contributed by atoms with E-state index in [4.69, 9.17) is 0 Å². The first-order valence-electron chi connectivity index (χ1n) is 5.22. The SMILES string of the molecule is Cc1cc(CC2(O)CNC2)cc(C)c1O. The van der Waals surface area contributed by atoms with E-state index in [0.29, 0.717) is 25.3 Å². The van der Waals surface area contributed by atoms with Gasteiger partial charge in [-0.3, -0.25) is 0 Å². The van der Waals surface area contributed by atoms with Crippen LogP contribution < -0.4 is 5.32 Å². The molecule has 0 atom stereocenters. The van der Waals surface area contributed by atoms with Crippen molar-refractivity contribution in [2.45, 2.75) is 25.9 Å². The third-order valence-electron chi connectivity index (χ3n) is 2.99. The number of phenols is 1. The van der Waals surface area contributed by atoms with Crippen LogP contribution in [-0.4, -0.2) is 28.9 Å². The summed E-state index contributed by atoms with van der Waals surface area (Å²) >= 11 is 0. The maximum Gasteiger partial charge on any atom is 0.121 e. The van der Waals surface area contributed by atoms with Gasteiger partial charge in [-0.1, -0.05) is 12.1 Å². The fourth-order valence-electron chi connectivity index (χ4n) is 2.07. The Morgan fingerprint density at radius 1 is 1.27 bits per heavy atom. The van der Waals surface area contributed by atoms with Gasteiger partial charge in [-0.2, -0.15) is 0 Å². The molecular weight excluding hydrogens is 190 g/mol. The molecule has 1 aromatic rings. The Labute approximate surface area is 89.8 Å². The Bertz CT molecular complexity index is 360. The summed E-state index contributed by atoms with van der Waals surface area (Å²) in [5, 5.41) is 22.7. The highest BCUT2D eigenvalue weighted by molar-refractivity contribution is 5.42. The van der Waals surface area contributed by atoms with Gasteiger partial charge in [0.2, 0.25) is 0 Å². The molecule has 1 heterocycles. The third-order valence-corrected chi connectivity index (χ3v) is 2.99. The number of phenolic OH excluding ortho intramolecular Hbond substituents is 1. The molecule has 0 spiro atoms. The Kier molecular flexibility index (Phi) is 2.44. The van der Waals surface area contributed by atoms with Gasteiger partial charge < -0.3 is 15.5 Å². The molecule has 0 bridgehead atoms. The number of benzene rings is 1. The molecule has 3 heteroatoms. The second-order valence-electron chi connectivity index (χ2n) is 4.58. The number of aromatic hydroxyl groups is 1. The third kappa shape index (κ3) is 1.98. The largest absolute Gasteiger partial charge is 0.507 e. The lowest BCUT2D eigenvalue weighted by Crippen LogP contribution is -2.60.